The van der Waals surface area contributed by atoms with Gasteiger partial charge in [0.05, 0.1) is 6.04 Å². The van der Waals surface area contributed by atoms with Crippen LogP contribution in [0.25, 0.3) is 0 Å². The van der Waals surface area contributed by atoms with Crippen molar-refractivity contribution in [2.75, 3.05) is 24.1 Å². The summed E-state index contributed by atoms with van der Waals surface area (Å²) in [5.74, 6) is 1.38. The van der Waals surface area contributed by atoms with E-state index in [-0.39, 0.29) is 11.9 Å². The van der Waals surface area contributed by atoms with Crippen LogP contribution in [-0.4, -0.2) is 29.9 Å². The third-order valence-electron chi connectivity index (χ3n) is 4.18. The highest BCUT2D eigenvalue weighted by atomic mass is 16.2. The number of carbonyl (C=O) groups excluding carboxylic acids is 1. The molecule has 0 bridgehead atoms. The highest BCUT2D eigenvalue weighted by molar-refractivity contribution is 5.95. The zero-order chi connectivity index (χ0) is 15.4. The number of nitrogen functional groups attached to an aromatic ring is 1. The molecular weight excluding hydrogens is 262 g/mol. The maximum atomic E-state index is 12.6. The highest BCUT2D eigenvalue weighted by Crippen LogP contribution is 2.24. The molecule has 0 aromatic heterocycles. The quantitative estimate of drug-likeness (QED) is 0.838. The molecule has 0 aliphatic carbocycles. The van der Waals surface area contributed by atoms with Gasteiger partial charge >= 0.3 is 0 Å². The van der Waals surface area contributed by atoms with Gasteiger partial charge < -0.3 is 11.1 Å². The largest absolute Gasteiger partial charge is 0.399 e. The van der Waals surface area contributed by atoms with Crippen LogP contribution in [0.5, 0.6) is 0 Å². The molecule has 0 radical (unpaired) electrons. The van der Waals surface area contributed by atoms with Gasteiger partial charge in [0.15, 0.2) is 0 Å². The Balaban J connectivity index is 2.04. The average Bonchev–Trinajstić information content (AvgIpc) is 2.38. The Bertz CT molecular complexity index is 479. The molecule has 1 saturated heterocycles. The first kappa shape index (κ1) is 15.8. The van der Waals surface area contributed by atoms with Gasteiger partial charge in [0.1, 0.15) is 0 Å². The first-order valence-electron chi connectivity index (χ1n) is 7.90. The third-order valence-corrected chi connectivity index (χ3v) is 4.18. The number of hydrogen-bond acceptors (Lipinski definition) is 3. The van der Waals surface area contributed by atoms with Crippen molar-refractivity contribution in [2.24, 2.45) is 11.8 Å². The maximum Gasteiger partial charge on any atom is 0.241 e. The van der Waals surface area contributed by atoms with Gasteiger partial charge in [-0.1, -0.05) is 26.8 Å². The Morgan fingerprint density at radius 2 is 2.05 bits per heavy atom. The van der Waals surface area contributed by atoms with Crippen LogP contribution in [0.15, 0.2) is 24.3 Å². The molecule has 1 fully saturated rings. The summed E-state index contributed by atoms with van der Waals surface area (Å²) < 4.78 is 0. The van der Waals surface area contributed by atoms with Crippen molar-refractivity contribution in [3.63, 3.8) is 0 Å². The topological polar surface area (TPSA) is 58.4 Å². The van der Waals surface area contributed by atoms with Crippen molar-refractivity contribution in [3.8, 4) is 0 Å². The smallest absolute Gasteiger partial charge is 0.241 e. The number of amides is 1. The second kappa shape index (κ2) is 6.94. The number of anilines is 2. The number of piperidine rings is 1. The molecule has 1 aromatic rings. The summed E-state index contributed by atoms with van der Waals surface area (Å²) in [5.41, 5.74) is 7.20. The van der Waals surface area contributed by atoms with E-state index >= 15 is 0 Å². The lowest BCUT2D eigenvalue weighted by Crippen LogP contribution is -2.50. The summed E-state index contributed by atoms with van der Waals surface area (Å²) >= 11 is 0. The Kier molecular flexibility index (Phi) is 5.23. The van der Waals surface area contributed by atoms with Crippen LogP contribution < -0.4 is 11.1 Å². The van der Waals surface area contributed by atoms with Gasteiger partial charge in [-0.25, -0.2) is 0 Å². The zero-order valence-corrected chi connectivity index (χ0v) is 13.3. The van der Waals surface area contributed by atoms with Gasteiger partial charge in [-0.05, 0) is 42.9 Å². The number of likely N-dealkylation sites (tertiary alicyclic amines) is 1. The van der Waals surface area contributed by atoms with Crippen LogP contribution >= 0.6 is 0 Å². The summed E-state index contributed by atoms with van der Waals surface area (Å²) in [6.45, 7) is 8.63. The van der Waals surface area contributed by atoms with Crippen molar-refractivity contribution in [2.45, 2.75) is 39.7 Å². The molecule has 4 nitrogen and oxygen atoms in total. The minimum atomic E-state index is -0.0587. The molecule has 0 spiro atoms. The molecule has 2 rings (SSSR count). The van der Waals surface area contributed by atoms with E-state index in [4.69, 9.17) is 5.73 Å². The number of carbonyl (C=O) groups is 1. The van der Waals surface area contributed by atoms with Crippen molar-refractivity contribution in [1.82, 2.24) is 4.90 Å². The number of nitrogens with one attached hydrogen (secondary N) is 1. The molecule has 1 aliphatic rings. The van der Waals surface area contributed by atoms with Crippen LogP contribution in [0.3, 0.4) is 0 Å². The highest BCUT2D eigenvalue weighted by Gasteiger charge is 2.30. The molecule has 1 heterocycles. The van der Waals surface area contributed by atoms with E-state index in [1.165, 1.54) is 6.42 Å². The summed E-state index contributed by atoms with van der Waals surface area (Å²) in [6.07, 6.45) is 2.08. The molecule has 3 unspecified atom stereocenters. The Morgan fingerprint density at radius 1 is 1.38 bits per heavy atom. The Morgan fingerprint density at radius 3 is 2.62 bits per heavy atom. The van der Waals surface area contributed by atoms with E-state index in [0.29, 0.717) is 17.5 Å². The minimum absolute atomic E-state index is 0.0587. The number of benzene rings is 1. The van der Waals surface area contributed by atoms with E-state index < -0.39 is 0 Å². The number of rotatable bonds is 4. The second-order valence-electron chi connectivity index (χ2n) is 6.44. The van der Waals surface area contributed by atoms with E-state index in [1.807, 2.05) is 18.2 Å². The minimum Gasteiger partial charge on any atom is -0.399 e. The normalized spacial score (nSPS) is 24.5. The van der Waals surface area contributed by atoms with Crippen molar-refractivity contribution < 1.29 is 4.79 Å². The molecule has 0 saturated carbocycles. The van der Waals surface area contributed by atoms with Gasteiger partial charge in [-0.3, -0.25) is 9.69 Å². The van der Waals surface area contributed by atoms with Crippen molar-refractivity contribution in [3.05, 3.63) is 24.3 Å². The molecule has 4 heteroatoms. The molecule has 21 heavy (non-hydrogen) atoms. The molecule has 116 valence electrons. The predicted molar refractivity (Wildman–Crippen MR) is 88.1 cm³/mol. The van der Waals surface area contributed by atoms with E-state index in [1.54, 1.807) is 6.07 Å². The Labute approximate surface area is 127 Å². The monoisotopic (exact) mass is 289 g/mol. The van der Waals surface area contributed by atoms with Crippen LogP contribution in [0.2, 0.25) is 0 Å². The third kappa shape index (κ3) is 4.21. The summed E-state index contributed by atoms with van der Waals surface area (Å²) in [4.78, 5) is 14.9. The molecule has 1 aromatic carbocycles. The molecule has 3 atom stereocenters. The van der Waals surface area contributed by atoms with E-state index in [2.05, 4.69) is 31.0 Å². The summed E-state index contributed by atoms with van der Waals surface area (Å²) in [5, 5.41) is 3.00. The lowest BCUT2D eigenvalue weighted by atomic mass is 9.90. The SMILES string of the molecule is CCC(C(=O)Nc1cccc(N)c1)N1CC(C)CC(C)C1. The standard InChI is InChI=1S/C17H27N3O/c1-4-16(20-10-12(2)8-13(3)11-20)17(21)19-15-7-5-6-14(18)9-15/h5-7,9,12-13,16H,4,8,10-11,18H2,1-3H3,(H,19,21). The number of nitrogens with two attached hydrogens (primary N) is 1. The van der Waals surface area contributed by atoms with Gasteiger partial charge in [-0.2, -0.15) is 0 Å². The van der Waals surface area contributed by atoms with Crippen LogP contribution in [0.4, 0.5) is 11.4 Å². The molecule has 3 N–H and O–H groups in total. The van der Waals surface area contributed by atoms with Crippen LogP contribution in [0, 0.1) is 11.8 Å². The van der Waals surface area contributed by atoms with Gasteiger partial charge in [0.25, 0.3) is 0 Å². The van der Waals surface area contributed by atoms with E-state index in [9.17, 15) is 4.79 Å². The predicted octanol–water partition coefficient (Wildman–Crippen LogP) is 2.96. The van der Waals surface area contributed by atoms with Crippen molar-refractivity contribution in [1.29, 1.82) is 0 Å². The van der Waals surface area contributed by atoms with Crippen LogP contribution in [0.1, 0.15) is 33.6 Å². The molecule has 1 aliphatic heterocycles. The first-order chi connectivity index (χ1) is 9.99. The lowest BCUT2D eigenvalue weighted by molar-refractivity contribution is -0.122. The molecular formula is C17H27N3O. The number of nitrogens with zero attached hydrogens (tertiary/aromatic N) is 1. The second-order valence-corrected chi connectivity index (χ2v) is 6.44. The maximum absolute atomic E-state index is 12.6. The van der Waals surface area contributed by atoms with Gasteiger partial charge in [0, 0.05) is 24.5 Å². The van der Waals surface area contributed by atoms with Crippen LogP contribution in [-0.2, 0) is 4.79 Å². The lowest BCUT2D eigenvalue weighted by Gasteiger charge is -2.39. The Hall–Kier alpha value is -1.55. The first-order valence-corrected chi connectivity index (χ1v) is 7.90. The van der Waals surface area contributed by atoms with E-state index in [0.717, 1.165) is 25.2 Å². The summed E-state index contributed by atoms with van der Waals surface area (Å²) in [6, 6.07) is 7.29. The average molecular weight is 289 g/mol. The van der Waals surface area contributed by atoms with Crippen molar-refractivity contribution >= 4 is 17.3 Å². The molecule has 1 amide bonds. The zero-order valence-electron chi connectivity index (χ0n) is 13.3. The summed E-state index contributed by atoms with van der Waals surface area (Å²) in [7, 11) is 0. The van der Waals surface area contributed by atoms with Gasteiger partial charge in [-0.15, -0.1) is 0 Å². The fourth-order valence-electron chi connectivity index (χ4n) is 3.42. The number of hydrogen-bond donors (Lipinski definition) is 2. The fraction of sp³-hybridized carbons (Fsp3) is 0.588. The fourth-order valence-corrected chi connectivity index (χ4v) is 3.42. The van der Waals surface area contributed by atoms with Gasteiger partial charge in [0.2, 0.25) is 5.91 Å².